The van der Waals surface area contributed by atoms with Crippen LogP contribution in [0.2, 0.25) is 0 Å². The summed E-state index contributed by atoms with van der Waals surface area (Å²) in [5, 5.41) is 4.97. The first-order chi connectivity index (χ1) is 9.75. The number of halogens is 1. The van der Waals surface area contributed by atoms with E-state index in [1.165, 1.54) is 33.1 Å². The van der Waals surface area contributed by atoms with Gasteiger partial charge in [0.2, 0.25) is 0 Å². The molecular formula is C16H20BrN3. The number of para-hydroxylation sites is 1. The lowest BCUT2D eigenvalue weighted by molar-refractivity contribution is 0.199. The van der Waals surface area contributed by atoms with Gasteiger partial charge in [-0.15, -0.1) is 0 Å². The third kappa shape index (κ3) is 1.85. The van der Waals surface area contributed by atoms with Crippen LogP contribution in [-0.2, 0) is 19.4 Å². The lowest BCUT2D eigenvalue weighted by atomic mass is 10.0. The molecule has 1 aromatic carbocycles. The molecule has 2 aliphatic heterocycles. The molecule has 3 nitrogen and oxygen atoms in total. The fourth-order valence-corrected chi connectivity index (χ4v) is 4.42. The maximum absolute atomic E-state index is 3.86. The summed E-state index contributed by atoms with van der Waals surface area (Å²) in [6.07, 6.45) is 2.30. The predicted molar refractivity (Wildman–Crippen MR) is 86.3 cm³/mol. The number of likely N-dealkylation sites (N-methyl/N-ethyl adjacent to an activating group) is 1. The Kier molecular flexibility index (Phi) is 3.13. The Balaban J connectivity index is 1.77. The van der Waals surface area contributed by atoms with E-state index >= 15 is 0 Å². The summed E-state index contributed by atoms with van der Waals surface area (Å²) < 4.78 is 3.76. The summed E-state index contributed by atoms with van der Waals surface area (Å²) in [6, 6.07) is 7.38. The largest absolute Gasteiger partial charge is 0.334 e. The molecule has 0 aliphatic carbocycles. The zero-order valence-electron chi connectivity index (χ0n) is 11.8. The summed E-state index contributed by atoms with van der Waals surface area (Å²) in [5.74, 6) is 0. The van der Waals surface area contributed by atoms with Crippen LogP contribution in [0.5, 0.6) is 0 Å². The molecule has 0 radical (unpaired) electrons. The number of benzene rings is 1. The van der Waals surface area contributed by atoms with Gasteiger partial charge in [0.15, 0.2) is 0 Å². The number of aromatic nitrogens is 1. The molecule has 20 heavy (non-hydrogen) atoms. The predicted octanol–water partition coefficient (Wildman–Crippen LogP) is 2.41. The van der Waals surface area contributed by atoms with Crippen molar-refractivity contribution in [2.45, 2.75) is 25.4 Å². The van der Waals surface area contributed by atoms with Crippen molar-refractivity contribution in [3.63, 3.8) is 0 Å². The molecule has 4 heteroatoms. The lowest BCUT2D eigenvalue weighted by Gasteiger charge is -2.33. The van der Waals surface area contributed by atoms with E-state index in [2.05, 4.69) is 56.0 Å². The highest BCUT2D eigenvalue weighted by atomic mass is 79.9. The minimum absolute atomic E-state index is 0.599. The smallest absolute Gasteiger partial charge is 0.0890 e. The molecular weight excluding hydrogens is 314 g/mol. The van der Waals surface area contributed by atoms with Crippen molar-refractivity contribution in [1.82, 2.24) is 14.8 Å². The maximum Gasteiger partial charge on any atom is 0.0890 e. The highest BCUT2D eigenvalue weighted by Gasteiger charge is 2.26. The molecule has 1 fully saturated rings. The van der Waals surface area contributed by atoms with Crippen molar-refractivity contribution in [2.24, 2.45) is 0 Å². The summed E-state index contributed by atoms with van der Waals surface area (Å²) in [6.45, 7) is 4.47. The first kappa shape index (κ1) is 12.9. The van der Waals surface area contributed by atoms with Crippen LogP contribution in [0.4, 0.5) is 0 Å². The zero-order chi connectivity index (χ0) is 13.7. The van der Waals surface area contributed by atoms with Gasteiger partial charge in [0.05, 0.1) is 10.1 Å². The number of piperazine rings is 1. The maximum atomic E-state index is 3.86. The van der Waals surface area contributed by atoms with E-state index in [-0.39, 0.29) is 0 Å². The monoisotopic (exact) mass is 333 g/mol. The van der Waals surface area contributed by atoms with Crippen LogP contribution in [-0.4, -0.2) is 42.2 Å². The van der Waals surface area contributed by atoms with Crippen molar-refractivity contribution in [3.05, 3.63) is 33.9 Å². The second-order valence-corrected chi connectivity index (χ2v) is 6.78. The standard InChI is InChI=1S/C16H20BrN3/c1-19-8-6-18-10-12(19)9-14-13-4-2-3-11-5-7-20(15(11)13)16(14)17/h2-4,12,18H,5-10H2,1H3. The van der Waals surface area contributed by atoms with Crippen LogP contribution in [0.25, 0.3) is 10.9 Å². The quantitative estimate of drug-likeness (QED) is 0.910. The number of hydrogen-bond acceptors (Lipinski definition) is 2. The fraction of sp³-hybridized carbons (Fsp3) is 0.500. The Bertz CT molecular complexity index is 661. The van der Waals surface area contributed by atoms with Gasteiger partial charge in [-0.1, -0.05) is 18.2 Å². The van der Waals surface area contributed by atoms with Gasteiger partial charge >= 0.3 is 0 Å². The van der Waals surface area contributed by atoms with Gasteiger partial charge in [0, 0.05) is 37.6 Å². The van der Waals surface area contributed by atoms with E-state index in [4.69, 9.17) is 0 Å². The first-order valence-corrected chi connectivity index (χ1v) is 8.24. The molecule has 106 valence electrons. The topological polar surface area (TPSA) is 20.2 Å². The molecule has 4 rings (SSSR count). The van der Waals surface area contributed by atoms with Gasteiger partial charge in [0.1, 0.15) is 0 Å². The van der Waals surface area contributed by atoms with E-state index in [1.54, 1.807) is 0 Å². The summed E-state index contributed by atoms with van der Waals surface area (Å²) >= 11 is 3.86. The van der Waals surface area contributed by atoms with Crippen LogP contribution in [0, 0.1) is 0 Å². The number of aryl methyl sites for hydroxylation is 2. The van der Waals surface area contributed by atoms with E-state index < -0.39 is 0 Å². The van der Waals surface area contributed by atoms with Crippen LogP contribution in [0.15, 0.2) is 22.8 Å². The highest BCUT2D eigenvalue weighted by molar-refractivity contribution is 9.10. The second kappa shape index (κ2) is 4.86. The summed E-state index contributed by atoms with van der Waals surface area (Å²) in [4.78, 5) is 2.49. The fourth-order valence-electron chi connectivity index (χ4n) is 3.69. The van der Waals surface area contributed by atoms with Crippen LogP contribution >= 0.6 is 15.9 Å². The second-order valence-electron chi connectivity index (χ2n) is 6.03. The number of rotatable bonds is 2. The minimum Gasteiger partial charge on any atom is -0.334 e. The van der Waals surface area contributed by atoms with Gasteiger partial charge in [-0.05, 0) is 46.9 Å². The van der Waals surface area contributed by atoms with E-state index in [0.717, 1.165) is 32.6 Å². The molecule has 1 atom stereocenters. The molecule has 0 saturated carbocycles. The Hall–Kier alpha value is -0.840. The van der Waals surface area contributed by atoms with Crippen LogP contribution in [0.1, 0.15) is 11.1 Å². The molecule has 3 heterocycles. The SMILES string of the molecule is CN1CCNCC1Cc1c(Br)n2c3c(cccc13)CC2. The van der Waals surface area contributed by atoms with Crippen LogP contribution in [0.3, 0.4) is 0 Å². The zero-order valence-corrected chi connectivity index (χ0v) is 13.4. The van der Waals surface area contributed by atoms with Crippen molar-refractivity contribution in [1.29, 1.82) is 0 Å². The number of nitrogens with zero attached hydrogens (tertiary/aromatic N) is 2. The number of hydrogen-bond donors (Lipinski definition) is 1. The Morgan fingerprint density at radius 3 is 3.10 bits per heavy atom. The molecule has 2 aromatic rings. The Morgan fingerprint density at radius 1 is 1.35 bits per heavy atom. The lowest BCUT2D eigenvalue weighted by Crippen LogP contribution is -2.50. The van der Waals surface area contributed by atoms with E-state index in [9.17, 15) is 0 Å². The Labute approximate surface area is 128 Å². The molecule has 1 unspecified atom stereocenters. The Morgan fingerprint density at radius 2 is 2.25 bits per heavy atom. The van der Waals surface area contributed by atoms with Crippen molar-refractivity contribution < 1.29 is 0 Å². The average molecular weight is 334 g/mol. The molecule has 1 aromatic heterocycles. The molecule has 1 N–H and O–H groups in total. The molecule has 0 amide bonds. The van der Waals surface area contributed by atoms with Crippen molar-refractivity contribution in [2.75, 3.05) is 26.7 Å². The van der Waals surface area contributed by atoms with E-state index in [0.29, 0.717) is 6.04 Å². The van der Waals surface area contributed by atoms with Crippen molar-refractivity contribution >= 4 is 26.8 Å². The highest BCUT2D eigenvalue weighted by Crippen LogP contribution is 2.37. The van der Waals surface area contributed by atoms with Crippen LogP contribution < -0.4 is 5.32 Å². The molecule has 2 aliphatic rings. The van der Waals surface area contributed by atoms with E-state index in [1.807, 2.05) is 0 Å². The first-order valence-electron chi connectivity index (χ1n) is 7.45. The number of nitrogens with one attached hydrogen (secondary N) is 1. The van der Waals surface area contributed by atoms with Gasteiger partial charge < -0.3 is 14.8 Å². The summed E-state index contributed by atoms with van der Waals surface area (Å²) in [7, 11) is 2.25. The molecule has 1 saturated heterocycles. The normalized spacial score (nSPS) is 22.8. The van der Waals surface area contributed by atoms with Crippen molar-refractivity contribution in [3.8, 4) is 0 Å². The van der Waals surface area contributed by atoms with Gasteiger partial charge in [0.25, 0.3) is 0 Å². The minimum atomic E-state index is 0.599. The third-order valence-electron chi connectivity index (χ3n) is 4.89. The van der Waals surface area contributed by atoms with Gasteiger partial charge in [-0.2, -0.15) is 0 Å². The third-order valence-corrected chi connectivity index (χ3v) is 5.80. The van der Waals surface area contributed by atoms with Gasteiger partial charge in [-0.25, -0.2) is 0 Å². The summed E-state index contributed by atoms with van der Waals surface area (Å²) in [5.41, 5.74) is 4.45. The molecule has 0 spiro atoms. The molecule has 0 bridgehead atoms. The average Bonchev–Trinajstić information content (AvgIpc) is 3.00. The van der Waals surface area contributed by atoms with Gasteiger partial charge in [-0.3, -0.25) is 0 Å².